The third kappa shape index (κ3) is 5.75. The highest BCUT2D eigenvalue weighted by Crippen LogP contribution is 2.31. The Balaban J connectivity index is 1.80. The fraction of sp³-hybridized carbons (Fsp3) is 0.579. The Bertz CT molecular complexity index is 606. The van der Waals surface area contributed by atoms with Gasteiger partial charge in [-0.2, -0.15) is 13.2 Å². The molecule has 0 atom stereocenters. The molecule has 144 valence electrons. The predicted molar refractivity (Wildman–Crippen MR) is 93.4 cm³/mol. The molecule has 0 aromatic heterocycles. The van der Waals surface area contributed by atoms with E-state index in [1.165, 1.54) is 12.1 Å². The summed E-state index contributed by atoms with van der Waals surface area (Å²) in [5.41, 5.74) is -0.396. The van der Waals surface area contributed by atoms with Crippen LogP contribution < -0.4 is 10.6 Å². The van der Waals surface area contributed by atoms with Crippen LogP contribution in [0.3, 0.4) is 0 Å². The molecule has 0 heterocycles. The maximum atomic E-state index is 12.6. The summed E-state index contributed by atoms with van der Waals surface area (Å²) in [6.45, 7) is 2.75. The summed E-state index contributed by atoms with van der Waals surface area (Å²) in [5, 5.41) is 5.59. The number of nitrogens with one attached hydrogen (secondary N) is 2. The molecule has 2 N–H and O–H groups in total. The quantitative estimate of drug-likeness (QED) is 0.731. The average Bonchev–Trinajstić information content (AvgIpc) is 2.61. The van der Waals surface area contributed by atoms with E-state index in [4.69, 9.17) is 0 Å². The predicted octanol–water partition coefficient (Wildman–Crippen LogP) is 4.37. The van der Waals surface area contributed by atoms with Gasteiger partial charge >= 0.3 is 6.18 Å². The Hall–Kier alpha value is -2.05. The number of rotatable bonds is 6. The van der Waals surface area contributed by atoms with Crippen LogP contribution in [0, 0.1) is 11.8 Å². The standard InChI is InChI=1S/C19H25F3N2O2/c1-2-3-12-23-17(25)13-4-6-14(7-5-13)18(26)24-16-10-8-15(9-11-16)19(20,21)22/h8-11,13-14H,2-7,12H2,1H3,(H,23,25)(H,24,26). The van der Waals surface area contributed by atoms with Crippen LogP contribution in [0.2, 0.25) is 0 Å². The summed E-state index contributed by atoms with van der Waals surface area (Å²) >= 11 is 0. The molecule has 1 fully saturated rings. The smallest absolute Gasteiger partial charge is 0.356 e. The number of halogens is 3. The number of amides is 2. The van der Waals surface area contributed by atoms with E-state index in [-0.39, 0.29) is 23.7 Å². The fourth-order valence-electron chi connectivity index (χ4n) is 3.14. The molecule has 1 aromatic carbocycles. The number of carbonyl (C=O) groups excluding carboxylic acids is 2. The second kappa shape index (κ2) is 9.05. The summed E-state index contributed by atoms with van der Waals surface area (Å²) in [7, 11) is 0. The SMILES string of the molecule is CCCCNC(=O)C1CCC(C(=O)Nc2ccc(C(F)(F)F)cc2)CC1. The van der Waals surface area contributed by atoms with Crippen molar-refractivity contribution in [1.82, 2.24) is 5.32 Å². The molecule has 1 aromatic rings. The fourth-order valence-corrected chi connectivity index (χ4v) is 3.14. The van der Waals surface area contributed by atoms with Gasteiger partial charge in [-0.05, 0) is 56.4 Å². The minimum atomic E-state index is -4.39. The van der Waals surface area contributed by atoms with E-state index in [2.05, 4.69) is 17.6 Å². The van der Waals surface area contributed by atoms with Gasteiger partial charge in [0.15, 0.2) is 0 Å². The summed E-state index contributed by atoms with van der Waals surface area (Å²) in [6, 6.07) is 4.42. The molecular weight excluding hydrogens is 345 g/mol. The monoisotopic (exact) mass is 370 g/mol. The van der Waals surface area contributed by atoms with Gasteiger partial charge in [0.1, 0.15) is 0 Å². The molecule has 0 bridgehead atoms. The van der Waals surface area contributed by atoms with Crippen LogP contribution in [0.15, 0.2) is 24.3 Å². The van der Waals surface area contributed by atoms with E-state index in [9.17, 15) is 22.8 Å². The lowest BCUT2D eigenvalue weighted by atomic mass is 9.81. The number of alkyl halides is 3. The first-order chi connectivity index (χ1) is 12.3. The van der Waals surface area contributed by atoms with E-state index in [1.807, 2.05) is 0 Å². The van der Waals surface area contributed by atoms with Crippen LogP contribution in [-0.2, 0) is 15.8 Å². The van der Waals surface area contributed by atoms with Crippen LogP contribution in [0.5, 0.6) is 0 Å². The zero-order valence-electron chi connectivity index (χ0n) is 14.9. The van der Waals surface area contributed by atoms with Crippen molar-refractivity contribution in [1.29, 1.82) is 0 Å². The van der Waals surface area contributed by atoms with Gasteiger partial charge < -0.3 is 10.6 Å². The highest BCUT2D eigenvalue weighted by atomic mass is 19.4. The Kier molecular flexibility index (Phi) is 7.06. The van der Waals surface area contributed by atoms with Gasteiger partial charge in [-0.3, -0.25) is 9.59 Å². The highest BCUT2D eigenvalue weighted by Gasteiger charge is 2.31. The van der Waals surface area contributed by atoms with E-state index in [0.717, 1.165) is 25.0 Å². The van der Waals surface area contributed by atoms with Crippen molar-refractivity contribution in [3.63, 3.8) is 0 Å². The van der Waals surface area contributed by atoms with E-state index < -0.39 is 11.7 Å². The highest BCUT2D eigenvalue weighted by molar-refractivity contribution is 5.92. The molecule has 26 heavy (non-hydrogen) atoms. The zero-order chi connectivity index (χ0) is 19.2. The lowest BCUT2D eigenvalue weighted by Crippen LogP contribution is -2.35. The molecule has 1 aliphatic rings. The van der Waals surface area contributed by atoms with Gasteiger partial charge in [0.2, 0.25) is 11.8 Å². The molecule has 0 saturated heterocycles. The average molecular weight is 370 g/mol. The lowest BCUT2D eigenvalue weighted by Gasteiger charge is -2.27. The minimum Gasteiger partial charge on any atom is -0.356 e. The van der Waals surface area contributed by atoms with Crippen molar-refractivity contribution in [2.45, 2.75) is 51.6 Å². The summed E-state index contributed by atoms with van der Waals surface area (Å²) in [4.78, 5) is 24.4. The van der Waals surface area contributed by atoms with Gasteiger partial charge in [-0.1, -0.05) is 13.3 Å². The normalized spacial score (nSPS) is 20.5. The number of unbranched alkanes of at least 4 members (excludes halogenated alkanes) is 1. The van der Waals surface area contributed by atoms with Crippen LogP contribution in [-0.4, -0.2) is 18.4 Å². The second-order valence-electron chi connectivity index (χ2n) is 6.76. The second-order valence-corrected chi connectivity index (χ2v) is 6.76. The van der Waals surface area contributed by atoms with Crippen LogP contribution in [0.1, 0.15) is 51.0 Å². The van der Waals surface area contributed by atoms with Crippen molar-refractivity contribution in [2.75, 3.05) is 11.9 Å². The van der Waals surface area contributed by atoms with Gasteiger partial charge in [-0.25, -0.2) is 0 Å². The van der Waals surface area contributed by atoms with Crippen molar-refractivity contribution in [2.24, 2.45) is 11.8 Å². The molecule has 1 saturated carbocycles. The largest absolute Gasteiger partial charge is 0.416 e. The Morgan fingerprint density at radius 1 is 1.00 bits per heavy atom. The molecule has 1 aliphatic carbocycles. The first-order valence-electron chi connectivity index (χ1n) is 9.07. The zero-order valence-corrected chi connectivity index (χ0v) is 14.9. The summed E-state index contributed by atoms with van der Waals surface area (Å²) < 4.78 is 37.7. The third-order valence-electron chi connectivity index (χ3n) is 4.78. The maximum absolute atomic E-state index is 12.6. The van der Waals surface area contributed by atoms with Gasteiger partial charge in [0.25, 0.3) is 0 Å². The first-order valence-corrected chi connectivity index (χ1v) is 9.07. The minimum absolute atomic E-state index is 0.0537. The van der Waals surface area contributed by atoms with Crippen molar-refractivity contribution in [3.8, 4) is 0 Å². The summed E-state index contributed by atoms with van der Waals surface area (Å²) in [6.07, 6.45) is 0.120. The molecule has 4 nitrogen and oxygen atoms in total. The number of carbonyl (C=O) groups is 2. The maximum Gasteiger partial charge on any atom is 0.416 e. The Morgan fingerprint density at radius 2 is 1.54 bits per heavy atom. The lowest BCUT2D eigenvalue weighted by molar-refractivity contribution is -0.137. The van der Waals surface area contributed by atoms with E-state index in [0.29, 0.717) is 37.9 Å². The number of hydrogen-bond donors (Lipinski definition) is 2. The molecule has 0 unspecified atom stereocenters. The van der Waals surface area contributed by atoms with Gasteiger partial charge in [0, 0.05) is 24.1 Å². The van der Waals surface area contributed by atoms with Gasteiger partial charge in [-0.15, -0.1) is 0 Å². The Labute approximate surface area is 151 Å². The van der Waals surface area contributed by atoms with Crippen LogP contribution in [0.4, 0.5) is 18.9 Å². The number of anilines is 1. The molecule has 7 heteroatoms. The number of benzene rings is 1. The topological polar surface area (TPSA) is 58.2 Å². The number of hydrogen-bond acceptors (Lipinski definition) is 2. The van der Waals surface area contributed by atoms with Crippen molar-refractivity contribution >= 4 is 17.5 Å². The molecule has 0 radical (unpaired) electrons. The van der Waals surface area contributed by atoms with Crippen LogP contribution in [0.25, 0.3) is 0 Å². The van der Waals surface area contributed by atoms with Crippen molar-refractivity contribution in [3.05, 3.63) is 29.8 Å². The molecule has 2 rings (SSSR count). The van der Waals surface area contributed by atoms with Crippen LogP contribution >= 0.6 is 0 Å². The molecule has 2 amide bonds. The molecule has 0 spiro atoms. The molecular formula is C19H25F3N2O2. The van der Waals surface area contributed by atoms with Crippen molar-refractivity contribution < 1.29 is 22.8 Å². The first kappa shape index (κ1) is 20.3. The Morgan fingerprint density at radius 3 is 2.04 bits per heavy atom. The third-order valence-corrected chi connectivity index (χ3v) is 4.78. The summed E-state index contributed by atoms with van der Waals surface area (Å²) in [5.74, 6) is -0.409. The molecule has 0 aliphatic heterocycles. The van der Waals surface area contributed by atoms with Gasteiger partial charge in [0.05, 0.1) is 5.56 Å². The van der Waals surface area contributed by atoms with E-state index in [1.54, 1.807) is 0 Å². The van der Waals surface area contributed by atoms with E-state index >= 15 is 0 Å².